The summed E-state index contributed by atoms with van der Waals surface area (Å²) in [6.45, 7) is 3.41. The highest BCUT2D eigenvalue weighted by Crippen LogP contribution is 2.30. The number of rotatable bonds is 7. The number of thiazole rings is 1. The van der Waals surface area contributed by atoms with E-state index < -0.39 is 11.9 Å². The smallest absolute Gasteiger partial charge is 0.357 e. The number of aliphatic imine (C=N–C) groups is 1. The number of benzene rings is 1. The third kappa shape index (κ3) is 6.95. The lowest BCUT2D eigenvalue weighted by molar-refractivity contribution is -0.140. The van der Waals surface area contributed by atoms with E-state index in [4.69, 9.17) is 0 Å². The molecule has 0 aliphatic rings. The van der Waals surface area contributed by atoms with Crippen molar-refractivity contribution >= 4 is 29.1 Å². The van der Waals surface area contributed by atoms with E-state index in [-0.39, 0.29) is 6.54 Å². The van der Waals surface area contributed by atoms with Gasteiger partial charge in [-0.1, -0.05) is 18.2 Å². The quantitative estimate of drug-likeness (QED) is 0.326. The van der Waals surface area contributed by atoms with Gasteiger partial charge >= 0.3 is 6.18 Å². The molecule has 2 N–H and O–H groups in total. The average Bonchev–Trinajstić information content (AvgIpc) is 3.07. The van der Waals surface area contributed by atoms with Gasteiger partial charge in [0.05, 0.1) is 6.54 Å². The second-order valence-electron chi connectivity index (χ2n) is 4.91. The first-order valence-corrected chi connectivity index (χ1v) is 9.57. The van der Waals surface area contributed by atoms with Crippen molar-refractivity contribution < 1.29 is 13.2 Å². The van der Waals surface area contributed by atoms with Gasteiger partial charge in [0, 0.05) is 29.1 Å². The maximum Gasteiger partial charge on any atom is 0.434 e. The van der Waals surface area contributed by atoms with Crippen LogP contribution in [0.5, 0.6) is 0 Å². The molecule has 136 valence electrons. The molecule has 1 heterocycles. The van der Waals surface area contributed by atoms with Crippen LogP contribution < -0.4 is 10.6 Å². The molecule has 0 saturated heterocycles. The van der Waals surface area contributed by atoms with Crippen LogP contribution in [0.3, 0.4) is 0 Å². The van der Waals surface area contributed by atoms with Crippen molar-refractivity contribution in [3.63, 3.8) is 0 Å². The molecule has 1 aromatic carbocycles. The van der Waals surface area contributed by atoms with Gasteiger partial charge in [0.15, 0.2) is 11.7 Å². The molecule has 0 atom stereocenters. The standard InChI is InChI=1S/C16H19F3N4S2/c1-2-20-15(21-8-9-24-12-6-4-3-5-7-12)22-10-14-23-13(11-25-14)16(17,18)19/h3-7,11H,2,8-10H2,1H3,(H2,20,21,22). The molecule has 4 nitrogen and oxygen atoms in total. The van der Waals surface area contributed by atoms with E-state index in [2.05, 4.69) is 20.6 Å². The number of thioether (sulfide) groups is 1. The van der Waals surface area contributed by atoms with Crippen LogP contribution in [0.4, 0.5) is 13.2 Å². The predicted molar refractivity (Wildman–Crippen MR) is 97.1 cm³/mol. The van der Waals surface area contributed by atoms with Gasteiger partial charge in [0.1, 0.15) is 5.01 Å². The Labute approximate surface area is 153 Å². The Morgan fingerprint density at radius 2 is 2.00 bits per heavy atom. The van der Waals surface area contributed by atoms with E-state index in [0.717, 1.165) is 22.5 Å². The monoisotopic (exact) mass is 388 g/mol. The Morgan fingerprint density at radius 3 is 2.64 bits per heavy atom. The van der Waals surface area contributed by atoms with Gasteiger partial charge in [0.25, 0.3) is 0 Å². The lowest BCUT2D eigenvalue weighted by Gasteiger charge is -2.10. The first-order chi connectivity index (χ1) is 12.0. The summed E-state index contributed by atoms with van der Waals surface area (Å²) < 4.78 is 37.6. The van der Waals surface area contributed by atoms with Crippen molar-refractivity contribution in [3.05, 3.63) is 46.4 Å². The fraction of sp³-hybridized carbons (Fsp3) is 0.375. The number of guanidine groups is 1. The molecule has 0 bridgehead atoms. The van der Waals surface area contributed by atoms with Gasteiger partial charge in [0.2, 0.25) is 0 Å². The van der Waals surface area contributed by atoms with Crippen LogP contribution in [0.25, 0.3) is 0 Å². The molecule has 9 heteroatoms. The van der Waals surface area contributed by atoms with E-state index >= 15 is 0 Å². The molecule has 0 amide bonds. The molecule has 0 radical (unpaired) electrons. The van der Waals surface area contributed by atoms with Crippen LogP contribution in [0.1, 0.15) is 17.6 Å². The van der Waals surface area contributed by atoms with Crippen molar-refractivity contribution in [2.45, 2.75) is 24.5 Å². The zero-order chi connectivity index (χ0) is 18.1. The van der Waals surface area contributed by atoms with Crippen molar-refractivity contribution in [1.29, 1.82) is 0 Å². The molecule has 1 aromatic heterocycles. The van der Waals surface area contributed by atoms with Crippen molar-refractivity contribution in [1.82, 2.24) is 15.6 Å². The second kappa shape index (κ2) is 9.67. The second-order valence-corrected chi connectivity index (χ2v) is 7.02. The Hall–Kier alpha value is -1.74. The minimum atomic E-state index is -4.41. The summed E-state index contributed by atoms with van der Waals surface area (Å²) in [5.74, 6) is 1.42. The van der Waals surface area contributed by atoms with E-state index in [0.29, 0.717) is 24.1 Å². The van der Waals surface area contributed by atoms with Crippen LogP contribution in [0, 0.1) is 0 Å². The highest BCUT2D eigenvalue weighted by Gasteiger charge is 2.33. The van der Waals surface area contributed by atoms with Crippen molar-refractivity contribution in [2.24, 2.45) is 4.99 Å². The number of alkyl halides is 3. The van der Waals surface area contributed by atoms with Gasteiger partial charge in [-0.05, 0) is 19.1 Å². The summed E-state index contributed by atoms with van der Waals surface area (Å²) in [6.07, 6.45) is -4.41. The summed E-state index contributed by atoms with van der Waals surface area (Å²) in [7, 11) is 0. The first kappa shape index (κ1) is 19.6. The normalized spacial score (nSPS) is 12.2. The average molecular weight is 388 g/mol. The fourth-order valence-electron chi connectivity index (χ4n) is 1.86. The Bertz CT molecular complexity index is 672. The first-order valence-electron chi connectivity index (χ1n) is 7.70. The van der Waals surface area contributed by atoms with Gasteiger partial charge in [-0.25, -0.2) is 9.98 Å². The lowest BCUT2D eigenvalue weighted by atomic mass is 10.4. The van der Waals surface area contributed by atoms with Crippen LogP contribution >= 0.6 is 23.1 Å². The molecule has 0 unspecified atom stereocenters. The van der Waals surface area contributed by atoms with Crippen LogP contribution in [0.15, 0.2) is 45.6 Å². The van der Waals surface area contributed by atoms with Gasteiger partial charge in [-0.15, -0.1) is 23.1 Å². The molecular formula is C16H19F3N4S2. The van der Waals surface area contributed by atoms with Gasteiger partial charge in [-0.3, -0.25) is 0 Å². The van der Waals surface area contributed by atoms with Crippen LogP contribution in [-0.4, -0.2) is 29.8 Å². The molecule has 2 aromatic rings. The number of halogens is 3. The summed E-state index contributed by atoms with van der Waals surface area (Å²) in [6, 6.07) is 10.0. The van der Waals surface area contributed by atoms with Crippen molar-refractivity contribution in [2.75, 3.05) is 18.8 Å². The highest BCUT2D eigenvalue weighted by molar-refractivity contribution is 7.99. The Balaban J connectivity index is 1.82. The lowest BCUT2D eigenvalue weighted by Crippen LogP contribution is -2.38. The van der Waals surface area contributed by atoms with E-state index in [1.807, 2.05) is 37.3 Å². The van der Waals surface area contributed by atoms with Crippen LogP contribution in [0.2, 0.25) is 0 Å². The summed E-state index contributed by atoms with van der Waals surface area (Å²) >= 11 is 2.68. The maximum absolute atomic E-state index is 12.5. The number of hydrogen-bond acceptors (Lipinski definition) is 4. The zero-order valence-corrected chi connectivity index (χ0v) is 15.3. The molecule has 0 saturated carbocycles. The molecule has 0 aliphatic carbocycles. The number of hydrogen-bond donors (Lipinski definition) is 2. The van der Waals surface area contributed by atoms with Crippen molar-refractivity contribution in [3.8, 4) is 0 Å². The third-order valence-corrected chi connectivity index (χ3v) is 4.81. The van der Waals surface area contributed by atoms with E-state index in [1.165, 1.54) is 4.90 Å². The van der Waals surface area contributed by atoms with E-state index in [1.54, 1.807) is 11.8 Å². The van der Waals surface area contributed by atoms with Gasteiger partial charge in [-0.2, -0.15) is 13.2 Å². The predicted octanol–water partition coefficient (Wildman–Crippen LogP) is 4.01. The van der Waals surface area contributed by atoms with Gasteiger partial charge < -0.3 is 10.6 Å². The molecule has 2 rings (SSSR count). The Morgan fingerprint density at radius 1 is 1.24 bits per heavy atom. The zero-order valence-electron chi connectivity index (χ0n) is 13.6. The molecule has 0 aliphatic heterocycles. The number of nitrogens with zero attached hydrogens (tertiary/aromatic N) is 2. The third-order valence-electron chi connectivity index (χ3n) is 2.97. The fourth-order valence-corrected chi connectivity index (χ4v) is 3.37. The SMILES string of the molecule is CCNC(=NCc1nc(C(F)(F)F)cs1)NCCSc1ccccc1. The number of aromatic nitrogens is 1. The largest absolute Gasteiger partial charge is 0.434 e. The minimum absolute atomic E-state index is 0.113. The summed E-state index contributed by atoms with van der Waals surface area (Å²) in [5.41, 5.74) is -0.861. The molecule has 0 spiro atoms. The van der Waals surface area contributed by atoms with Crippen LogP contribution in [-0.2, 0) is 12.7 Å². The molecule has 0 fully saturated rings. The Kier molecular flexibility index (Phi) is 7.57. The highest BCUT2D eigenvalue weighted by atomic mass is 32.2. The summed E-state index contributed by atoms with van der Waals surface area (Å²) in [5, 5.41) is 7.60. The minimum Gasteiger partial charge on any atom is -0.357 e. The topological polar surface area (TPSA) is 49.3 Å². The summed E-state index contributed by atoms with van der Waals surface area (Å²) in [4.78, 5) is 9.05. The van der Waals surface area contributed by atoms with E-state index in [9.17, 15) is 13.2 Å². The number of nitrogens with one attached hydrogen (secondary N) is 2. The maximum atomic E-state index is 12.5. The molecular weight excluding hydrogens is 369 g/mol. The molecule has 25 heavy (non-hydrogen) atoms.